The molecule has 9 nitrogen and oxygen atoms in total. The van der Waals surface area contributed by atoms with E-state index in [9.17, 15) is 31.5 Å². The third-order valence-corrected chi connectivity index (χ3v) is 11.0. The number of aromatic nitrogens is 5. The molecule has 1 saturated carbocycles. The number of fused-ring (bicyclic) bond motifs is 4. The maximum Gasteiger partial charge on any atom is 0.293 e. The minimum absolute atomic E-state index is 0.0210. The van der Waals surface area contributed by atoms with Crippen LogP contribution in [-0.4, -0.2) is 55.7 Å². The normalized spacial score (nSPS) is 17.9. The Bertz CT molecular complexity index is 2550. The molecule has 0 aliphatic heterocycles. The van der Waals surface area contributed by atoms with Crippen LogP contribution in [0.15, 0.2) is 48.5 Å². The van der Waals surface area contributed by atoms with E-state index >= 15 is 8.78 Å². The SMILES string of the molecule is Cn1nc(CS(C)(=O)=O)c2c(Cl)ccc(-c3ccc(C#CC(C)(C)O)nc3[C@@H](CC(=O)Cn3nc(C(F)F)c4c3C(F)(F)[C@@H]3C[C@H]43)Cc3cccc(F)c3)c21. The van der Waals surface area contributed by atoms with E-state index in [1.165, 1.54) is 36.7 Å². The number of pyridine rings is 1. The van der Waals surface area contributed by atoms with Crippen LogP contribution >= 0.6 is 11.6 Å². The Morgan fingerprint density at radius 3 is 2.51 bits per heavy atom. The summed E-state index contributed by atoms with van der Waals surface area (Å²) in [6.45, 7) is 2.25. The zero-order valence-corrected chi connectivity index (χ0v) is 31.6. The highest BCUT2D eigenvalue weighted by Gasteiger charge is 2.67. The van der Waals surface area contributed by atoms with Crippen molar-refractivity contribution in [2.24, 2.45) is 13.0 Å². The molecule has 1 N–H and O–H groups in total. The van der Waals surface area contributed by atoms with Crippen LogP contribution in [0, 0.1) is 23.6 Å². The van der Waals surface area contributed by atoms with Crippen molar-refractivity contribution in [2.75, 3.05) is 6.26 Å². The number of aliphatic hydroxyl groups is 1. The van der Waals surface area contributed by atoms with Crippen molar-refractivity contribution in [1.29, 1.82) is 0 Å². The van der Waals surface area contributed by atoms with Gasteiger partial charge < -0.3 is 5.11 Å². The van der Waals surface area contributed by atoms with E-state index in [-0.39, 0.29) is 46.9 Å². The minimum atomic E-state index is -3.53. The number of rotatable bonds is 11. The predicted octanol–water partition coefficient (Wildman–Crippen LogP) is 7.42. The van der Waals surface area contributed by atoms with Crippen LogP contribution in [0.5, 0.6) is 0 Å². The molecule has 2 aliphatic carbocycles. The van der Waals surface area contributed by atoms with Gasteiger partial charge in [0.2, 0.25) is 0 Å². The number of nitrogens with zero attached hydrogens (tertiary/aromatic N) is 5. The molecule has 16 heteroatoms. The van der Waals surface area contributed by atoms with Crippen LogP contribution in [0.2, 0.25) is 5.02 Å². The maximum absolute atomic E-state index is 15.4. The highest BCUT2D eigenvalue weighted by Crippen LogP contribution is 2.68. The van der Waals surface area contributed by atoms with Gasteiger partial charge in [-0.25, -0.2) is 26.6 Å². The van der Waals surface area contributed by atoms with E-state index in [0.29, 0.717) is 32.3 Å². The van der Waals surface area contributed by atoms with Gasteiger partial charge in [-0.15, -0.1) is 0 Å². The van der Waals surface area contributed by atoms with Crippen LogP contribution in [0.3, 0.4) is 0 Å². The third-order valence-electron chi connectivity index (χ3n) is 9.85. The lowest BCUT2D eigenvalue weighted by Crippen LogP contribution is -2.24. The number of hydrogen-bond donors (Lipinski definition) is 1. The van der Waals surface area contributed by atoms with Gasteiger partial charge in [0.25, 0.3) is 12.3 Å². The summed E-state index contributed by atoms with van der Waals surface area (Å²) in [7, 11) is -1.92. The fraction of sp³-hybridized carbons (Fsp3) is 0.385. The van der Waals surface area contributed by atoms with Gasteiger partial charge in [-0.3, -0.25) is 14.2 Å². The molecule has 0 spiro atoms. The molecule has 2 aromatic carbocycles. The lowest BCUT2D eigenvalue weighted by atomic mass is 9.86. The molecule has 0 saturated heterocycles. The van der Waals surface area contributed by atoms with Gasteiger partial charge >= 0.3 is 0 Å². The van der Waals surface area contributed by atoms with E-state index in [0.717, 1.165) is 6.26 Å². The second kappa shape index (κ2) is 13.8. The Kier molecular flexibility index (Phi) is 9.71. The van der Waals surface area contributed by atoms with E-state index in [1.54, 1.807) is 37.4 Å². The highest BCUT2D eigenvalue weighted by atomic mass is 35.5. The molecule has 3 atom stereocenters. The lowest BCUT2D eigenvalue weighted by Gasteiger charge is -2.21. The Morgan fingerprint density at radius 2 is 1.84 bits per heavy atom. The molecule has 0 radical (unpaired) electrons. The number of carbonyl (C=O) groups excluding carboxylic acids is 1. The van der Waals surface area contributed by atoms with E-state index in [1.807, 2.05) is 0 Å². The first-order valence-corrected chi connectivity index (χ1v) is 19.8. The Hall–Kier alpha value is -4.65. The van der Waals surface area contributed by atoms with E-state index < -0.39 is 80.8 Å². The summed E-state index contributed by atoms with van der Waals surface area (Å²) in [5.74, 6) is -2.17. The number of benzene rings is 2. The van der Waals surface area contributed by atoms with Crippen molar-refractivity contribution in [3.05, 3.63) is 99.0 Å². The lowest BCUT2D eigenvalue weighted by molar-refractivity contribution is -0.120. The molecular weight excluding hydrogens is 765 g/mol. The monoisotopic (exact) mass is 799 g/mol. The summed E-state index contributed by atoms with van der Waals surface area (Å²) in [5.41, 5.74) is -0.416. The largest absolute Gasteiger partial charge is 0.378 e. The Balaban J connectivity index is 1.38. The summed E-state index contributed by atoms with van der Waals surface area (Å²) >= 11 is 6.64. The number of alkyl halides is 4. The molecule has 3 aromatic heterocycles. The average Bonchev–Trinajstić information content (AvgIpc) is 3.62. The van der Waals surface area contributed by atoms with E-state index in [2.05, 4.69) is 22.0 Å². The molecule has 1 fully saturated rings. The van der Waals surface area contributed by atoms with Crippen molar-refractivity contribution in [3.8, 4) is 23.0 Å². The van der Waals surface area contributed by atoms with Gasteiger partial charge in [-0.1, -0.05) is 35.7 Å². The molecule has 3 heterocycles. The second-order valence-corrected chi connectivity index (χ2v) is 17.4. The zero-order chi connectivity index (χ0) is 39.8. The van der Waals surface area contributed by atoms with Gasteiger partial charge in [-0.2, -0.15) is 19.0 Å². The van der Waals surface area contributed by atoms with Crippen molar-refractivity contribution >= 4 is 38.1 Å². The minimum Gasteiger partial charge on any atom is -0.378 e. The number of halogens is 6. The van der Waals surface area contributed by atoms with Crippen molar-refractivity contribution in [3.63, 3.8) is 0 Å². The number of ketones is 1. The van der Waals surface area contributed by atoms with Crippen molar-refractivity contribution < 1.29 is 40.3 Å². The first-order valence-electron chi connectivity index (χ1n) is 17.3. The maximum atomic E-state index is 15.4. The van der Waals surface area contributed by atoms with Crippen LogP contribution < -0.4 is 0 Å². The van der Waals surface area contributed by atoms with Gasteiger partial charge in [0.05, 0.1) is 27.7 Å². The summed E-state index contributed by atoms with van der Waals surface area (Å²) < 4.78 is 100. The molecule has 0 bridgehead atoms. The van der Waals surface area contributed by atoms with Crippen LogP contribution in [0.1, 0.15) is 84.5 Å². The highest BCUT2D eigenvalue weighted by molar-refractivity contribution is 7.89. The van der Waals surface area contributed by atoms with Crippen LogP contribution in [0.4, 0.5) is 22.0 Å². The molecule has 55 heavy (non-hydrogen) atoms. The fourth-order valence-corrected chi connectivity index (χ4v) is 8.58. The summed E-state index contributed by atoms with van der Waals surface area (Å²) in [6, 6.07) is 12.2. The molecular formula is C39H35ClF5N5O4S. The predicted molar refractivity (Wildman–Crippen MR) is 195 cm³/mol. The standard InChI is InChI=1S/C39H35ClF5N5O4S/c1-38(2,52)13-12-23-8-9-25(26-10-11-29(40)32-30(19-55(4,53)54)47-49(3)35(26)32)33(46-23)21(14-20-6-5-7-22(41)15-20)16-24(51)18-50-36-31(34(48-50)37(42)43)27-17-28(27)39(36,44)45/h5-11,15,21,27-28,37,52H,14,16-19H2,1-4H3/t21-,27+,28-/m1/s1. The fourth-order valence-electron chi connectivity index (χ4n) is 7.62. The topological polar surface area (TPSA) is 120 Å². The number of Topliss-reactive ketones (excluding diaryl/α,β-unsaturated/α-hetero) is 1. The molecule has 288 valence electrons. The Labute approximate surface area is 318 Å². The Morgan fingerprint density at radius 1 is 1.11 bits per heavy atom. The molecule has 0 unspecified atom stereocenters. The summed E-state index contributed by atoms with van der Waals surface area (Å²) in [4.78, 5) is 18.9. The zero-order valence-electron chi connectivity index (χ0n) is 30.0. The first-order chi connectivity index (χ1) is 25.7. The van der Waals surface area contributed by atoms with Crippen LogP contribution in [0.25, 0.3) is 22.0 Å². The first kappa shape index (κ1) is 38.6. The molecule has 2 aliphatic rings. The van der Waals surface area contributed by atoms with Crippen molar-refractivity contribution in [2.45, 2.75) is 75.2 Å². The molecule has 7 rings (SSSR count). The number of sulfone groups is 1. The van der Waals surface area contributed by atoms with Gasteiger partial charge in [0.1, 0.15) is 35.0 Å². The number of carbonyl (C=O) groups is 1. The smallest absolute Gasteiger partial charge is 0.293 e. The summed E-state index contributed by atoms with van der Waals surface area (Å²) in [5, 5.41) is 19.2. The molecule has 5 aromatic rings. The van der Waals surface area contributed by atoms with Crippen LogP contribution in [-0.2, 0) is 46.3 Å². The quantitative estimate of drug-likeness (QED) is 0.109. The summed E-state index contributed by atoms with van der Waals surface area (Å²) in [6.07, 6.45) is -2.31. The van der Waals surface area contributed by atoms with E-state index in [4.69, 9.17) is 16.6 Å². The van der Waals surface area contributed by atoms with Crippen molar-refractivity contribution in [1.82, 2.24) is 24.5 Å². The second-order valence-electron chi connectivity index (χ2n) is 14.8. The van der Waals surface area contributed by atoms with Gasteiger partial charge in [0, 0.05) is 53.6 Å². The third kappa shape index (κ3) is 7.64. The molecule has 0 amide bonds. The average molecular weight is 800 g/mol. The van der Waals surface area contributed by atoms with Gasteiger partial charge in [-0.05, 0) is 74.4 Å². The number of hydrogen-bond acceptors (Lipinski definition) is 7. The number of aryl methyl sites for hydroxylation is 1. The van der Waals surface area contributed by atoms with Gasteiger partial charge in [0.15, 0.2) is 15.6 Å².